The Labute approximate surface area is 101 Å². The monoisotopic (exact) mass is 234 g/mol. The highest BCUT2D eigenvalue weighted by molar-refractivity contribution is 5.82. The van der Waals surface area contributed by atoms with Crippen molar-refractivity contribution in [2.45, 2.75) is 25.2 Å². The summed E-state index contributed by atoms with van der Waals surface area (Å²) in [5.41, 5.74) is 0.280. The van der Waals surface area contributed by atoms with E-state index in [1.807, 2.05) is 25.1 Å². The van der Waals surface area contributed by atoms with Crippen LogP contribution in [0, 0.1) is 0 Å². The molecule has 92 valence electrons. The fourth-order valence-corrected chi connectivity index (χ4v) is 2.33. The highest BCUT2D eigenvalue weighted by Gasteiger charge is 2.43. The van der Waals surface area contributed by atoms with Crippen molar-refractivity contribution < 1.29 is 9.53 Å². The summed E-state index contributed by atoms with van der Waals surface area (Å²) in [4.78, 5) is 16.6. The van der Waals surface area contributed by atoms with Gasteiger partial charge in [-0.15, -0.1) is 0 Å². The number of carbonyl (C=O) groups is 1. The zero-order chi connectivity index (χ0) is 12.1. The first-order chi connectivity index (χ1) is 8.29. The Morgan fingerprint density at radius 3 is 2.82 bits per heavy atom. The molecule has 17 heavy (non-hydrogen) atoms. The Hall–Kier alpha value is -1.42. The van der Waals surface area contributed by atoms with E-state index in [1.165, 1.54) is 0 Å². The van der Waals surface area contributed by atoms with E-state index in [0.717, 1.165) is 31.6 Å². The van der Waals surface area contributed by atoms with Crippen molar-refractivity contribution >= 4 is 5.97 Å². The van der Waals surface area contributed by atoms with E-state index < -0.39 is 5.41 Å². The van der Waals surface area contributed by atoms with E-state index in [2.05, 4.69) is 10.3 Å². The average molecular weight is 234 g/mol. The molecule has 0 aliphatic carbocycles. The minimum atomic E-state index is -0.553. The Balaban J connectivity index is 2.33. The molecule has 1 N–H and O–H groups in total. The smallest absolute Gasteiger partial charge is 0.318 e. The van der Waals surface area contributed by atoms with Gasteiger partial charge in [-0.1, -0.05) is 6.07 Å². The summed E-state index contributed by atoms with van der Waals surface area (Å²) in [7, 11) is 0. The number of nitrogens with one attached hydrogen (secondary N) is 1. The zero-order valence-electron chi connectivity index (χ0n) is 10.1. The van der Waals surface area contributed by atoms with Crippen molar-refractivity contribution in [1.82, 2.24) is 10.3 Å². The minimum Gasteiger partial charge on any atom is -0.465 e. The van der Waals surface area contributed by atoms with Gasteiger partial charge in [0.05, 0.1) is 12.3 Å². The largest absolute Gasteiger partial charge is 0.465 e. The number of aromatic nitrogens is 1. The van der Waals surface area contributed by atoms with Crippen LogP contribution in [0.2, 0.25) is 0 Å². The Morgan fingerprint density at radius 1 is 1.47 bits per heavy atom. The number of ether oxygens (including phenoxy) is 1. The van der Waals surface area contributed by atoms with E-state index in [1.54, 1.807) is 6.20 Å². The quantitative estimate of drug-likeness (QED) is 0.800. The van der Waals surface area contributed by atoms with E-state index >= 15 is 0 Å². The summed E-state index contributed by atoms with van der Waals surface area (Å²) < 4.78 is 5.23. The van der Waals surface area contributed by atoms with Crippen LogP contribution < -0.4 is 5.32 Å². The second-order valence-electron chi connectivity index (χ2n) is 4.27. The van der Waals surface area contributed by atoms with Crippen molar-refractivity contribution in [2.24, 2.45) is 0 Å². The van der Waals surface area contributed by atoms with Gasteiger partial charge in [-0.05, 0) is 45.0 Å². The first kappa shape index (κ1) is 12.0. The molecular formula is C13H18N2O2. The molecule has 0 aromatic carbocycles. The predicted octanol–water partition coefficient (Wildman–Crippen LogP) is 1.27. The van der Waals surface area contributed by atoms with E-state index in [9.17, 15) is 4.79 Å². The number of pyridine rings is 1. The van der Waals surface area contributed by atoms with Crippen LogP contribution in [0.1, 0.15) is 25.5 Å². The summed E-state index contributed by atoms with van der Waals surface area (Å²) in [6.45, 7) is 3.91. The molecule has 4 heteroatoms. The zero-order valence-corrected chi connectivity index (χ0v) is 10.1. The maximum absolute atomic E-state index is 12.2. The molecular weight excluding hydrogens is 216 g/mol. The van der Waals surface area contributed by atoms with Crippen molar-refractivity contribution in [3.05, 3.63) is 30.1 Å². The molecule has 2 heterocycles. The first-order valence-corrected chi connectivity index (χ1v) is 6.09. The average Bonchev–Trinajstić information content (AvgIpc) is 2.41. The predicted molar refractivity (Wildman–Crippen MR) is 64.7 cm³/mol. The van der Waals surface area contributed by atoms with Crippen LogP contribution in [0.4, 0.5) is 0 Å². The molecule has 1 fully saturated rings. The second-order valence-corrected chi connectivity index (χ2v) is 4.27. The number of hydrogen-bond donors (Lipinski definition) is 1. The Kier molecular flexibility index (Phi) is 3.74. The number of rotatable bonds is 3. The lowest BCUT2D eigenvalue weighted by atomic mass is 9.76. The first-order valence-electron chi connectivity index (χ1n) is 6.09. The molecule has 0 amide bonds. The molecule has 0 radical (unpaired) electrons. The minimum absolute atomic E-state index is 0.139. The van der Waals surface area contributed by atoms with Crippen molar-refractivity contribution in [1.29, 1.82) is 0 Å². The molecule has 1 aliphatic heterocycles. The summed E-state index contributed by atoms with van der Waals surface area (Å²) >= 11 is 0. The second kappa shape index (κ2) is 5.27. The van der Waals surface area contributed by atoms with Gasteiger partial charge in [0.15, 0.2) is 0 Å². The van der Waals surface area contributed by atoms with Crippen LogP contribution in [0.3, 0.4) is 0 Å². The molecule has 1 aromatic rings. The highest BCUT2D eigenvalue weighted by atomic mass is 16.5. The fourth-order valence-electron chi connectivity index (χ4n) is 2.33. The van der Waals surface area contributed by atoms with Gasteiger partial charge in [-0.25, -0.2) is 0 Å². The topological polar surface area (TPSA) is 51.2 Å². The maximum atomic E-state index is 12.2. The summed E-state index contributed by atoms with van der Waals surface area (Å²) in [5.74, 6) is -0.139. The molecule has 1 aliphatic rings. The molecule has 0 unspecified atom stereocenters. The van der Waals surface area contributed by atoms with Gasteiger partial charge in [0.25, 0.3) is 0 Å². The number of hydrogen-bond acceptors (Lipinski definition) is 4. The van der Waals surface area contributed by atoms with Gasteiger partial charge in [0.2, 0.25) is 0 Å². The van der Waals surface area contributed by atoms with Crippen LogP contribution in [-0.2, 0) is 14.9 Å². The van der Waals surface area contributed by atoms with E-state index in [0.29, 0.717) is 6.61 Å². The number of carbonyl (C=O) groups excluding carboxylic acids is 1. The molecule has 0 spiro atoms. The molecule has 4 nitrogen and oxygen atoms in total. The lowest BCUT2D eigenvalue weighted by Gasteiger charge is -2.34. The maximum Gasteiger partial charge on any atom is 0.318 e. The SMILES string of the molecule is CCOC(=O)C1(c2ccccn2)CCNCC1. The molecule has 0 saturated carbocycles. The summed E-state index contributed by atoms with van der Waals surface area (Å²) in [6.07, 6.45) is 3.24. The third-order valence-electron chi connectivity index (χ3n) is 3.28. The van der Waals surface area contributed by atoms with Gasteiger partial charge < -0.3 is 10.1 Å². The van der Waals surface area contributed by atoms with Crippen LogP contribution in [0.25, 0.3) is 0 Å². The highest BCUT2D eigenvalue weighted by Crippen LogP contribution is 2.33. The Morgan fingerprint density at radius 2 is 2.24 bits per heavy atom. The number of nitrogens with zero attached hydrogens (tertiary/aromatic N) is 1. The number of esters is 1. The van der Waals surface area contributed by atoms with Crippen molar-refractivity contribution in [3.63, 3.8) is 0 Å². The van der Waals surface area contributed by atoms with E-state index in [4.69, 9.17) is 4.74 Å². The normalized spacial score (nSPS) is 18.6. The molecule has 1 aromatic heterocycles. The molecule has 2 rings (SSSR count). The fraction of sp³-hybridized carbons (Fsp3) is 0.538. The van der Waals surface area contributed by atoms with Crippen LogP contribution in [0.5, 0.6) is 0 Å². The van der Waals surface area contributed by atoms with Gasteiger partial charge in [-0.2, -0.15) is 0 Å². The van der Waals surface area contributed by atoms with Crippen LogP contribution in [0.15, 0.2) is 24.4 Å². The Bertz CT molecular complexity index is 372. The molecule has 0 atom stereocenters. The van der Waals surface area contributed by atoms with Crippen molar-refractivity contribution in [2.75, 3.05) is 19.7 Å². The molecule has 1 saturated heterocycles. The van der Waals surface area contributed by atoms with Gasteiger partial charge in [0.1, 0.15) is 5.41 Å². The van der Waals surface area contributed by atoms with Crippen molar-refractivity contribution in [3.8, 4) is 0 Å². The standard InChI is InChI=1S/C13H18N2O2/c1-2-17-12(16)13(6-9-14-10-7-13)11-5-3-4-8-15-11/h3-5,8,14H,2,6-7,9-10H2,1H3. The lowest BCUT2D eigenvalue weighted by Crippen LogP contribution is -2.47. The number of piperidine rings is 1. The third kappa shape index (κ3) is 2.31. The lowest BCUT2D eigenvalue weighted by molar-refractivity contribution is -0.151. The third-order valence-corrected chi connectivity index (χ3v) is 3.28. The van der Waals surface area contributed by atoms with E-state index in [-0.39, 0.29) is 5.97 Å². The summed E-state index contributed by atoms with van der Waals surface area (Å²) in [6, 6.07) is 5.71. The molecule has 0 bridgehead atoms. The van der Waals surface area contributed by atoms with Gasteiger partial charge >= 0.3 is 5.97 Å². The van der Waals surface area contributed by atoms with Crippen LogP contribution >= 0.6 is 0 Å². The van der Waals surface area contributed by atoms with Gasteiger partial charge in [-0.3, -0.25) is 9.78 Å². The van der Waals surface area contributed by atoms with Gasteiger partial charge in [0, 0.05) is 6.20 Å². The summed E-state index contributed by atoms with van der Waals surface area (Å²) in [5, 5.41) is 3.27. The van der Waals surface area contributed by atoms with Crippen LogP contribution in [-0.4, -0.2) is 30.6 Å².